The minimum atomic E-state index is -0.651. The lowest BCUT2D eigenvalue weighted by molar-refractivity contribution is 0.137. The molecule has 1 aliphatic rings. The van der Waals surface area contributed by atoms with Gasteiger partial charge in [-0.25, -0.2) is 4.79 Å². The summed E-state index contributed by atoms with van der Waals surface area (Å²) in [7, 11) is 1.59. The molecule has 1 fully saturated rings. The summed E-state index contributed by atoms with van der Waals surface area (Å²) in [5.41, 5.74) is -0.694. The summed E-state index contributed by atoms with van der Waals surface area (Å²) in [6, 6.07) is 0. The first-order chi connectivity index (χ1) is 8.56. The van der Waals surface area contributed by atoms with Gasteiger partial charge < -0.3 is 15.5 Å². The number of hydrogen-bond acceptors (Lipinski definition) is 6. The molecule has 7 nitrogen and oxygen atoms in total. The first-order valence-corrected chi connectivity index (χ1v) is 6.48. The standard InChI is InChI=1S/C10H15N3O4S/c1-11-5-3-13(10(17)12-9(5)16)8-2-6(15)7(4-14)18-8/h3,6-8,11,14-15H,2,4H2,1H3,(H,12,16,17)/t6?,7-,8+/m0/s1. The van der Waals surface area contributed by atoms with E-state index in [1.165, 1.54) is 22.5 Å². The van der Waals surface area contributed by atoms with Crippen LogP contribution in [-0.2, 0) is 0 Å². The van der Waals surface area contributed by atoms with Crippen molar-refractivity contribution in [2.75, 3.05) is 19.0 Å². The van der Waals surface area contributed by atoms with Crippen LogP contribution in [0, 0.1) is 0 Å². The molecule has 1 unspecified atom stereocenters. The van der Waals surface area contributed by atoms with Gasteiger partial charge in [0, 0.05) is 19.7 Å². The number of hydrogen-bond donors (Lipinski definition) is 4. The predicted molar refractivity (Wildman–Crippen MR) is 69.0 cm³/mol. The number of aliphatic hydroxyl groups is 2. The number of nitrogens with zero attached hydrogens (tertiary/aromatic N) is 1. The molecule has 0 spiro atoms. The zero-order valence-electron chi connectivity index (χ0n) is 9.79. The highest BCUT2D eigenvalue weighted by Crippen LogP contribution is 2.40. The normalized spacial score (nSPS) is 27.4. The third-order valence-electron chi connectivity index (χ3n) is 2.93. The second-order valence-electron chi connectivity index (χ2n) is 4.07. The van der Waals surface area contributed by atoms with Crippen LogP contribution in [0.2, 0.25) is 0 Å². The van der Waals surface area contributed by atoms with Crippen LogP contribution in [0.4, 0.5) is 5.69 Å². The predicted octanol–water partition coefficient (Wildman–Crippen LogP) is -1.06. The molecule has 4 N–H and O–H groups in total. The van der Waals surface area contributed by atoms with Gasteiger partial charge in [-0.05, 0) is 0 Å². The van der Waals surface area contributed by atoms with Crippen molar-refractivity contribution in [3.8, 4) is 0 Å². The van der Waals surface area contributed by atoms with E-state index in [2.05, 4.69) is 10.3 Å². The Balaban J connectivity index is 2.35. The Bertz CT molecular complexity index is 541. The van der Waals surface area contributed by atoms with Crippen LogP contribution in [-0.4, -0.2) is 44.8 Å². The lowest BCUT2D eigenvalue weighted by Crippen LogP contribution is -2.32. The maximum Gasteiger partial charge on any atom is 0.329 e. The number of aromatic amines is 1. The van der Waals surface area contributed by atoms with Crippen molar-refractivity contribution in [2.24, 2.45) is 0 Å². The Hall–Kier alpha value is -1.25. The zero-order valence-corrected chi connectivity index (χ0v) is 10.6. The molecule has 1 aliphatic heterocycles. The third-order valence-corrected chi connectivity index (χ3v) is 4.48. The second-order valence-corrected chi connectivity index (χ2v) is 5.50. The summed E-state index contributed by atoms with van der Waals surface area (Å²) < 4.78 is 1.37. The molecule has 100 valence electrons. The topological polar surface area (TPSA) is 107 Å². The Kier molecular flexibility index (Phi) is 3.79. The highest BCUT2D eigenvalue weighted by molar-refractivity contribution is 8.00. The van der Waals surface area contributed by atoms with E-state index >= 15 is 0 Å². The van der Waals surface area contributed by atoms with E-state index in [0.717, 1.165) is 0 Å². The Labute approximate surface area is 107 Å². The smallest absolute Gasteiger partial charge is 0.329 e. The highest BCUT2D eigenvalue weighted by Gasteiger charge is 2.34. The highest BCUT2D eigenvalue weighted by atomic mass is 32.2. The van der Waals surface area contributed by atoms with Gasteiger partial charge in [0.2, 0.25) is 0 Å². The fourth-order valence-corrected chi connectivity index (χ4v) is 3.31. The molecule has 18 heavy (non-hydrogen) atoms. The third kappa shape index (κ3) is 2.31. The van der Waals surface area contributed by atoms with Gasteiger partial charge in [-0.3, -0.25) is 14.3 Å². The number of aliphatic hydroxyl groups excluding tert-OH is 2. The summed E-state index contributed by atoms with van der Waals surface area (Å²) in [5, 5.41) is 20.9. The van der Waals surface area contributed by atoms with Crippen LogP contribution in [0.25, 0.3) is 0 Å². The van der Waals surface area contributed by atoms with Crippen LogP contribution < -0.4 is 16.6 Å². The van der Waals surface area contributed by atoms with E-state index < -0.39 is 17.4 Å². The van der Waals surface area contributed by atoms with E-state index in [4.69, 9.17) is 5.11 Å². The molecule has 8 heteroatoms. The molecular weight excluding hydrogens is 258 g/mol. The molecule has 3 atom stereocenters. The van der Waals surface area contributed by atoms with Gasteiger partial charge in [-0.15, -0.1) is 11.8 Å². The number of anilines is 1. The first kappa shape index (κ1) is 13.2. The number of thioether (sulfide) groups is 1. The summed E-state index contributed by atoms with van der Waals surface area (Å²) in [6.07, 6.45) is 1.15. The number of H-pyrrole nitrogens is 1. The van der Waals surface area contributed by atoms with Crippen molar-refractivity contribution in [1.82, 2.24) is 9.55 Å². The average Bonchev–Trinajstić information content (AvgIpc) is 2.70. The van der Waals surface area contributed by atoms with E-state index in [1.807, 2.05) is 0 Å². The number of rotatable bonds is 3. The lowest BCUT2D eigenvalue weighted by Gasteiger charge is -2.13. The van der Waals surface area contributed by atoms with Gasteiger partial charge in [-0.1, -0.05) is 0 Å². The largest absolute Gasteiger partial charge is 0.395 e. The van der Waals surface area contributed by atoms with Crippen molar-refractivity contribution in [1.29, 1.82) is 0 Å². The molecule has 1 saturated heterocycles. The van der Waals surface area contributed by atoms with Gasteiger partial charge in [0.05, 0.1) is 23.3 Å². The monoisotopic (exact) mass is 273 g/mol. The fraction of sp³-hybridized carbons (Fsp3) is 0.600. The quantitative estimate of drug-likeness (QED) is 0.559. The molecule has 0 radical (unpaired) electrons. The Morgan fingerprint density at radius 3 is 2.89 bits per heavy atom. The van der Waals surface area contributed by atoms with Gasteiger partial charge >= 0.3 is 5.69 Å². The Morgan fingerprint density at radius 1 is 1.61 bits per heavy atom. The van der Waals surface area contributed by atoms with Gasteiger partial charge in [0.25, 0.3) is 5.56 Å². The SMILES string of the molecule is CNc1cn([C@H]2CC(O)[C@H](CO)S2)c(=O)[nH]c1=O. The summed E-state index contributed by atoms with van der Waals surface area (Å²) in [6.45, 7) is -0.140. The van der Waals surface area contributed by atoms with Crippen LogP contribution >= 0.6 is 11.8 Å². The molecule has 1 aromatic heterocycles. The maximum absolute atomic E-state index is 11.7. The maximum atomic E-state index is 11.7. The molecule has 0 aromatic carbocycles. The van der Waals surface area contributed by atoms with Crippen LogP contribution in [0.15, 0.2) is 15.8 Å². The molecule has 2 heterocycles. The molecular formula is C10H15N3O4S. The summed E-state index contributed by atoms with van der Waals surface area (Å²) >= 11 is 1.32. The zero-order chi connectivity index (χ0) is 13.3. The van der Waals surface area contributed by atoms with E-state index in [-0.39, 0.29) is 22.9 Å². The van der Waals surface area contributed by atoms with Crippen LogP contribution in [0.3, 0.4) is 0 Å². The Morgan fingerprint density at radius 2 is 2.33 bits per heavy atom. The molecule has 0 amide bonds. The van der Waals surface area contributed by atoms with E-state index in [9.17, 15) is 14.7 Å². The van der Waals surface area contributed by atoms with Gasteiger partial charge in [-0.2, -0.15) is 0 Å². The number of nitrogens with one attached hydrogen (secondary N) is 2. The van der Waals surface area contributed by atoms with Crippen LogP contribution in [0.1, 0.15) is 11.8 Å². The van der Waals surface area contributed by atoms with Crippen molar-refractivity contribution < 1.29 is 10.2 Å². The van der Waals surface area contributed by atoms with Crippen molar-refractivity contribution in [2.45, 2.75) is 23.1 Å². The second kappa shape index (κ2) is 5.17. The molecule has 2 rings (SSSR count). The van der Waals surface area contributed by atoms with Gasteiger partial charge in [0.15, 0.2) is 0 Å². The molecule has 0 saturated carbocycles. The lowest BCUT2D eigenvalue weighted by atomic mass is 10.2. The molecule has 0 aliphatic carbocycles. The van der Waals surface area contributed by atoms with E-state index in [0.29, 0.717) is 6.42 Å². The average molecular weight is 273 g/mol. The minimum absolute atomic E-state index is 0.140. The number of aromatic nitrogens is 2. The summed E-state index contributed by atoms with van der Waals surface area (Å²) in [5.74, 6) is 0. The molecule has 0 bridgehead atoms. The fourth-order valence-electron chi connectivity index (χ4n) is 1.93. The first-order valence-electron chi connectivity index (χ1n) is 5.54. The van der Waals surface area contributed by atoms with Crippen molar-refractivity contribution >= 4 is 17.4 Å². The van der Waals surface area contributed by atoms with E-state index in [1.54, 1.807) is 7.05 Å². The van der Waals surface area contributed by atoms with Crippen molar-refractivity contribution in [3.05, 3.63) is 27.0 Å². The summed E-state index contributed by atoms with van der Waals surface area (Å²) in [4.78, 5) is 25.3. The van der Waals surface area contributed by atoms with Gasteiger partial charge in [0.1, 0.15) is 5.69 Å². The van der Waals surface area contributed by atoms with Crippen molar-refractivity contribution in [3.63, 3.8) is 0 Å². The minimum Gasteiger partial charge on any atom is -0.395 e. The van der Waals surface area contributed by atoms with Crippen LogP contribution in [0.5, 0.6) is 0 Å². The molecule has 1 aromatic rings.